The van der Waals surface area contributed by atoms with E-state index in [1.807, 2.05) is 14.1 Å². The number of nitrogen functional groups attached to an aromatic ring is 1. The molecule has 6 heteroatoms. The Hall–Kier alpha value is -0.880. The van der Waals surface area contributed by atoms with Crippen LogP contribution in [0.3, 0.4) is 0 Å². The molecule has 0 atom stereocenters. The number of hydrogen-bond acceptors (Lipinski definition) is 5. The molecule has 0 fully saturated rings. The third kappa shape index (κ3) is 3.31. The molecule has 0 aliphatic rings. The number of rotatable bonds is 4. The quantitative estimate of drug-likeness (QED) is 0.880. The Bertz CT molecular complexity index is 364. The second kappa shape index (κ2) is 4.97. The van der Waals surface area contributed by atoms with E-state index in [1.165, 1.54) is 0 Å². The number of anilines is 2. The van der Waals surface area contributed by atoms with E-state index >= 15 is 0 Å². The van der Waals surface area contributed by atoms with E-state index in [1.54, 1.807) is 6.20 Å². The number of hydrogen-bond donors (Lipinski definition) is 2. The van der Waals surface area contributed by atoms with Gasteiger partial charge >= 0.3 is 0 Å². The van der Waals surface area contributed by atoms with E-state index in [0.29, 0.717) is 0 Å². The molecule has 0 aromatic carbocycles. The van der Waals surface area contributed by atoms with Crippen molar-refractivity contribution in [2.45, 2.75) is 19.4 Å². The van der Waals surface area contributed by atoms with Gasteiger partial charge in [-0.05, 0) is 43.9 Å². The Morgan fingerprint density at radius 2 is 2.12 bits per heavy atom. The van der Waals surface area contributed by atoms with E-state index in [4.69, 9.17) is 5.73 Å². The van der Waals surface area contributed by atoms with E-state index < -0.39 is 0 Å². The second-order valence-electron chi connectivity index (χ2n) is 4.49. The van der Waals surface area contributed by atoms with Crippen LogP contribution in [0.15, 0.2) is 10.7 Å². The Labute approximate surface area is 105 Å². The molecule has 90 valence electrons. The van der Waals surface area contributed by atoms with Crippen LogP contribution >= 0.6 is 15.9 Å². The molecule has 0 unspecified atom stereocenters. The maximum Gasteiger partial charge on any atom is 0.221 e. The SMILES string of the molecule is CN(C)C(C)(C)CNc1nc(N)ncc1Br. The molecule has 0 aliphatic carbocycles. The highest BCUT2D eigenvalue weighted by molar-refractivity contribution is 9.10. The van der Waals surface area contributed by atoms with Crippen LogP contribution in [0.2, 0.25) is 0 Å². The van der Waals surface area contributed by atoms with Crippen LogP contribution in [0.4, 0.5) is 11.8 Å². The minimum atomic E-state index is 0.0408. The van der Waals surface area contributed by atoms with Crippen LogP contribution in [0.25, 0.3) is 0 Å². The minimum Gasteiger partial charge on any atom is -0.368 e. The maximum atomic E-state index is 5.53. The average molecular weight is 288 g/mol. The largest absolute Gasteiger partial charge is 0.368 e. The normalized spacial score (nSPS) is 11.9. The third-order valence-corrected chi connectivity index (χ3v) is 3.24. The molecule has 1 rings (SSSR count). The molecular formula is C10H18BrN5. The zero-order valence-electron chi connectivity index (χ0n) is 10.1. The van der Waals surface area contributed by atoms with Crippen LogP contribution in [-0.2, 0) is 0 Å². The van der Waals surface area contributed by atoms with Crippen molar-refractivity contribution in [1.82, 2.24) is 14.9 Å². The van der Waals surface area contributed by atoms with Crippen molar-refractivity contribution in [3.05, 3.63) is 10.7 Å². The van der Waals surface area contributed by atoms with Gasteiger partial charge in [0.15, 0.2) is 0 Å². The Morgan fingerprint density at radius 1 is 1.50 bits per heavy atom. The van der Waals surface area contributed by atoms with Crippen molar-refractivity contribution in [3.63, 3.8) is 0 Å². The smallest absolute Gasteiger partial charge is 0.221 e. The fourth-order valence-electron chi connectivity index (χ4n) is 0.963. The van der Waals surface area contributed by atoms with E-state index in [2.05, 4.69) is 50.0 Å². The summed E-state index contributed by atoms with van der Waals surface area (Å²) in [5, 5.41) is 3.26. The fourth-order valence-corrected chi connectivity index (χ4v) is 1.29. The highest BCUT2D eigenvalue weighted by Gasteiger charge is 2.20. The molecule has 5 nitrogen and oxygen atoms in total. The van der Waals surface area contributed by atoms with Gasteiger partial charge in [0.1, 0.15) is 5.82 Å². The lowest BCUT2D eigenvalue weighted by molar-refractivity contribution is 0.210. The number of aromatic nitrogens is 2. The highest BCUT2D eigenvalue weighted by atomic mass is 79.9. The molecule has 0 saturated carbocycles. The molecule has 0 saturated heterocycles. The van der Waals surface area contributed by atoms with Crippen LogP contribution in [0.1, 0.15) is 13.8 Å². The standard InChI is InChI=1S/C10H18BrN5/c1-10(2,16(3)4)6-14-8-7(11)5-13-9(12)15-8/h5H,6H2,1-4H3,(H3,12,13,14,15). The van der Waals surface area contributed by atoms with Crippen LogP contribution in [0.5, 0.6) is 0 Å². The Morgan fingerprint density at radius 3 is 2.69 bits per heavy atom. The van der Waals surface area contributed by atoms with Crippen LogP contribution in [-0.4, -0.2) is 41.0 Å². The van der Waals surface area contributed by atoms with Gasteiger partial charge in [0.25, 0.3) is 0 Å². The van der Waals surface area contributed by atoms with E-state index in [9.17, 15) is 0 Å². The molecular weight excluding hydrogens is 270 g/mol. The zero-order chi connectivity index (χ0) is 12.3. The molecule has 0 amide bonds. The lowest BCUT2D eigenvalue weighted by atomic mass is 10.0. The van der Waals surface area contributed by atoms with Crippen molar-refractivity contribution < 1.29 is 0 Å². The van der Waals surface area contributed by atoms with Gasteiger partial charge in [0.2, 0.25) is 5.95 Å². The van der Waals surface area contributed by atoms with Crippen molar-refractivity contribution in [3.8, 4) is 0 Å². The minimum absolute atomic E-state index is 0.0408. The van der Waals surface area contributed by atoms with E-state index in [0.717, 1.165) is 16.8 Å². The second-order valence-corrected chi connectivity index (χ2v) is 5.34. The van der Waals surface area contributed by atoms with Gasteiger partial charge < -0.3 is 16.0 Å². The van der Waals surface area contributed by atoms with Crippen LogP contribution in [0, 0.1) is 0 Å². The van der Waals surface area contributed by atoms with Gasteiger partial charge in [-0.3, -0.25) is 0 Å². The number of nitrogens with one attached hydrogen (secondary N) is 1. The van der Waals surface area contributed by atoms with E-state index in [-0.39, 0.29) is 11.5 Å². The van der Waals surface area contributed by atoms with Crippen LogP contribution < -0.4 is 11.1 Å². The zero-order valence-corrected chi connectivity index (χ0v) is 11.7. The molecule has 0 aliphatic heterocycles. The topological polar surface area (TPSA) is 67.1 Å². The fraction of sp³-hybridized carbons (Fsp3) is 0.600. The number of nitrogens with zero attached hydrogens (tertiary/aromatic N) is 3. The molecule has 0 radical (unpaired) electrons. The summed E-state index contributed by atoms with van der Waals surface area (Å²) in [5.74, 6) is 0.996. The first-order chi connectivity index (χ1) is 7.33. The lowest BCUT2D eigenvalue weighted by Crippen LogP contribution is -2.44. The maximum absolute atomic E-state index is 5.53. The van der Waals surface area contributed by atoms with Crippen molar-refractivity contribution in [2.24, 2.45) is 0 Å². The number of likely N-dealkylation sites (N-methyl/N-ethyl adjacent to an activating group) is 1. The summed E-state index contributed by atoms with van der Waals surface area (Å²) in [6.45, 7) is 5.08. The van der Waals surface area contributed by atoms with Gasteiger partial charge in [-0.15, -0.1) is 0 Å². The van der Waals surface area contributed by atoms with Crippen molar-refractivity contribution in [1.29, 1.82) is 0 Å². The Kier molecular flexibility index (Phi) is 4.09. The Balaban J connectivity index is 2.71. The molecule has 1 aromatic rings. The van der Waals surface area contributed by atoms with Gasteiger partial charge in [-0.25, -0.2) is 4.98 Å². The van der Waals surface area contributed by atoms with Gasteiger partial charge in [-0.1, -0.05) is 0 Å². The molecule has 1 aromatic heterocycles. The first-order valence-electron chi connectivity index (χ1n) is 5.02. The molecule has 0 bridgehead atoms. The number of halogens is 1. The molecule has 0 spiro atoms. The summed E-state index contributed by atoms with van der Waals surface area (Å²) >= 11 is 3.38. The number of nitrogens with two attached hydrogens (primary N) is 1. The summed E-state index contributed by atoms with van der Waals surface area (Å²) in [7, 11) is 4.09. The summed E-state index contributed by atoms with van der Waals surface area (Å²) in [6.07, 6.45) is 1.65. The van der Waals surface area contributed by atoms with Gasteiger partial charge in [0, 0.05) is 18.3 Å². The van der Waals surface area contributed by atoms with Crippen molar-refractivity contribution in [2.75, 3.05) is 31.7 Å². The first-order valence-corrected chi connectivity index (χ1v) is 5.81. The van der Waals surface area contributed by atoms with Gasteiger partial charge in [-0.2, -0.15) is 4.98 Å². The van der Waals surface area contributed by atoms with Gasteiger partial charge in [0.05, 0.1) is 4.47 Å². The summed E-state index contributed by atoms with van der Waals surface area (Å²) in [6, 6.07) is 0. The predicted molar refractivity (Wildman–Crippen MR) is 70.4 cm³/mol. The predicted octanol–water partition coefficient (Wildman–Crippen LogP) is 1.57. The summed E-state index contributed by atoms with van der Waals surface area (Å²) < 4.78 is 0.816. The lowest BCUT2D eigenvalue weighted by Gasteiger charge is -2.32. The summed E-state index contributed by atoms with van der Waals surface area (Å²) in [5.41, 5.74) is 5.57. The third-order valence-electron chi connectivity index (χ3n) is 2.66. The molecule has 1 heterocycles. The highest BCUT2D eigenvalue weighted by Crippen LogP contribution is 2.20. The average Bonchev–Trinajstić information content (AvgIpc) is 2.19. The molecule has 16 heavy (non-hydrogen) atoms. The summed E-state index contributed by atoms with van der Waals surface area (Å²) in [4.78, 5) is 10.2. The molecule has 3 N–H and O–H groups in total. The first kappa shape index (κ1) is 13.2. The van der Waals surface area contributed by atoms with Crippen molar-refractivity contribution >= 4 is 27.7 Å². The monoisotopic (exact) mass is 287 g/mol.